The Morgan fingerprint density at radius 3 is 2.48 bits per heavy atom. The molecule has 1 aliphatic carbocycles. The SMILES string of the molecule is C=C(C)C1=C(/C(=C\CC)OCc2ncc(-c3cc(Cl)c(O)c(Cl)c3)nn2)CCC1. The number of rotatable bonds is 7. The second-order valence-electron chi connectivity index (χ2n) is 6.90. The summed E-state index contributed by atoms with van der Waals surface area (Å²) >= 11 is 11.9. The fourth-order valence-corrected chi connectivity index (χ4v) is 3.78. The summed E-state index contributed by atoms with van der Waals surface area (Å²) in [6.45, 7) is 8.44. The lowest BCUT2D eigenvalue weighted by molar-refractivity contribution is 0.195. The average molecular weight is 432 g/mol. The van der Waals surface area contributed by atoms with E-state index in [2.05, 4.69) is 34.8 Å². The van der Waals surface area contributed by atoms with Crippen molar-refractivity contribution in [2.75, 3.05) is 0 Å². The van der Waals surface area contributed by atoms with Crippen LogP contribution in [0.3, 0.4) is 0 Å². The monoisotopic (exact) mass is 431 g/mol. The minimum absolute atomic E-state index is 0.147. The van der Waals surface area contributed by atoms with Crippen molar-refractivity contribution in [3.8, 4) is 17.0 Å². The van der Waals surface area contributed by atoms with E-state index in [1.807, 2.05) is 6.92 Å². The van der Waals surface area contributed by atoms with Gasteiger partial charge in [0, 0.05) is 5.56 Å². The van der Waals surface area contributed by atoms with Crippen molar-refractivity contribution in [3.63, 3.8) is 0 Å². The first kappa shape index (κ1) is 21.3. The van der Waals surface area contributed by atoms with E-state index in [0.29, 0.717) is 17.1 Å². The Labute approximate surface area is 180 Å². The Morgan fingerprint density at radius 2 is 1.90 bits per heavy atom. The molecule has 0 bridgehead atoms. The van der Waals surface area contributed by atoms with Gasteiger partial charge in [0.2, 0.25) is 0 Å². The molecule has 1 heterocycles. The number of nitrogens with zero attached hydrogens (tertiary/aromatic N) is 3. The zero-order valence-electron chi connectivity index (χ0n) is 16.5. The average Bonchev–Trinajstić information content (AvgIpc) is 3.19. The third-order valence-corrected chi connectivity index (χ3v) is 5.27. The molecule has 1 aromatic carbocycles. The number of aromatic nitrogens is 3. The van der Waals surface area contributed by atoms with Crippen LogP contribution in [0, 0.1) is 0 Å². The number of aromatic hydroxyl groups is 1. The number of allylic oxidation sites excluding steroid dienone is 4. The lowest BCUT2D eigenvalue weighted by atomic mass is 10.0. The van der Waals surface area contributed by atoms with Crippen molar-refractivity contribution in [1.82, 2.24) is 15.2 Å². The molecule has 0 fully saturated rings. The Kier molecular flexibility index (Phi) is 6.93. The molecule has 152 valence electrons. The molecule has 7 heteroatoms. The third kappa shape index (κ3) is 4.98. The molecule has 0 radical (unpaired) electrons. The van der Waals surface area contributed by atoms with Gasteiger partial charge in [0.15, 0.2) is 11.6 Å². The van der Waals surface area contributed by atoms with Crippen LogP contribution in [0.25, 0.3) is 11.3 Å². The summed E-state index contributed by atoms with van der Waals surface area (Å²) in [5.41, 5.74) is 4.75. The zero-order valence-corrected chi connectivity index (χ0v) is 18.0. The van der Waals surface area contributed by atoms with E-state index in [1.54, 1.807) is 18.3 Å². The number of hydrogen-bond donors (Lipinski definition) is 1. The van der Waals surface area contributed by atoms with Gasteiger partial charge < -0.3 is 9.84 Å². The molecule has 2 aromatic rings. The highest BCUT2D eigenvalue weighted by Gasteiger charge is 2.20. The summed E-state index contributed by atoms with van der Waals surface area (Å²) < 4.78 is 6.05. The van der Waals surface area contributed by atoms with E-state index in [-0.39, 0.29) is 22.4 Å². The highest BCUT2D eigenvalue weighted by Crippen LogP contribution is 2.36. The van der Waals surface area contributed by atoms with Gasteiger partial charge >= 0.3 is 0 Å². The van der Waals surface area contributed by atoms with Gasteiger partial charge in [-0.3, -0.25) is 0 Å². The van der Waals surface area contributed by atoms with E-state index >= 15 is 0 Å². The summed E-state index contributed by atoms with van der Waals surface area (Å²) in [5.74, 6) is 1.20. The first-order valence-electron chi connectivity index (χ1n) is 9.49. The van der Waals surface area contributed by atoms with E-state index in [9.17, 15) is 5.11 Å². The molecular formula is C22H23Cl2N3O2. The summed E-state index contributed by atoms with van der Waals surface area (Å²) in [6.07, 6.45) is 7.71. The molecule has 1 aromatic heterocycles. The maximum atomic E-state index is 9.68. The molecule has 0 atom stereocenters. The molecule has 0 saturated carbocycles. The van der Waals surface area contributed by atoms with Gasteiger partial charge in [-0.05, 0) is 62.0 Å². The van der Waals surface area contributed by atoms with E-state index in [1.165, 1.54) is 11.1 Å². The highest BCUT2D eigenvalue weighted by molar-refractivity contribution is 6.37. The number of phenols is 1. The standard InChI is InChI=1S/C22H23Cl2N3O2/c1-4-6-20(16-8-5-7-15(16)13(2)3)29-12-21-25-11-19(26-27-21)14-9-17(23)22(28)18(24)10-14/h6,9-11,28H,2,4-5,7-8,12H2,1,3H3/b20-6+. The van der Waals surface area contributed by atoms with Crippen LogP contribution in [0.5, 0.6) is 5.75 Å². The molecule has 29 heavy (non-hydrogen) atoms. The predicted octanol–water partition coefficient (Wildman–Crippen LogP) is 6.42. The first-order valence-corrected chi connectivity index (χ1v) is 10.2. The van der Waals surface area contributed by atoms with Crippen LogP contribution in [0.4, 0.5) is 0 Å². The largest absolute Gasteiger partial charge is 0.505 e. The van der Waals surface area contributed by atoms with Crippen molar-refractivity contribution in [2.45, 2.75) is 46.1 Å². The number of halogens is 2. The Hall–Kier alpha value is -2.37. The van der Waals surface area contributed by atoms with Gasteiger partial charge in [0.25, 0.3) is 0 Å². The fourth-order valence-electron chi connectivity index (χ4n) is 3.29. The molecule has 5 nitrogen and oxygen atoms in total. The van der Waals surface area contributed by atoms with Gasteiger partial charge in [0.1, 0.15) is 18.1 Å². The number of benzene rings is 1. The van der Waals surface area contributed by atoms with Crippen molar-refractivity contribution >= 4 is 23.2 Å². The maximum Gasteiger partial charge on any atom is 0.188 e. The minimum Gasteiger partial charge on any atom is -0.505 e. The molecule has 1 N–H and O–H groups in total. The second-order valence-corrected chi connectivity index (χ2v) is 7.72. The molecular weight excluding hydrogens is 409 g/mol. The molecule has 0 amide bonds. The third-order valence-electron chi connectivity index (χ3n) is 4.70. The maximum absolute atomic E-state index is 9.68. The summed E-state index contributed by atoms with van der Waals surface area (Å²) in [4.78, 5) is 4.34. The van der Waals surface area contributed by atoms with Crippen LogP contribution in [-0.4, -0.2) is 20.3 Å². The number of ether oxygens (including phenoxy) is 1. The number of hydrogen-bond acceptors (Lipinski definition) is 5. The van der Waals surface area contributed by atoms with Gasteiger partial charge in [-0.15, -0.1) is 10.2 Å². The van der Waals surface area contributed by atoms with E-state index in [0.717, 1.165) is 37.0 Å². The Balaban J connectivity index is 1.75. The van der Waals surface area contributed by atoms with Gasteiger partial charge in [-0.25, -0.2) is 4.98 Å². The molecule has 0 saturated heterocycles. The highest BCUT2D eigenvalue weighted by atomic mass is 35.5. The fraction of sp³-hybridized carbons (Fsp3) is 0.318. The molecule has 3 rings (SSSR count). The van der Waals surface area contributed by atoms with Crippen molar-refractivity contribution in [1.29, 1.82) is 0 Å². The number of phenolic OH excluding ortho intramolecular Hbond substituents is 1. The second kappa shape index (κ2) is 9.42. The quantitative estimate of drug-likeness (QED) is 0.512. The first-order chi connectivity index (χ1) is 13.9. The smallest absolute Gasteiger partial charge is 0.188 e. The molecule has 1 aliphatic rings. The summed E-state index contributed by atoms with van der Waals surface area (Å²) in [5, 5.41) is 18.3. The lowest BCUT2D eigenvalue weighted by Gasteiger charge is -2.14. The predicted molar refractivity (Wildman–Crippen MR) is 116 cm³/mol. The van der Waals surface area contributed by atoms with Crippen LogP contribution >= 0.6 is 23.2 Å². The van der Waals surface area contributed by atoms with Crippen molar-refractivity contribution in [2.24, 2.45) is 0 Å². The van der Waals surface area contributed by atoms with Gasteiger partial charge in [-0.2, -0.15) is 0 Å². The topological polar surface area (TPSA) is 68.1 Å². The normalized spacial score (nSPS) is 14.4. The summed E-state index contributed by atoms with van der Waals surface area (Å²) in [7, 11) is 0. The van der Waals surface area contributed by atoms with Crippen LogP contribution in [-0.2, 0) is 11.3 Å². The van der Waals surface area contributed by atoms with Gasteiger partial charge in [0.05, 0.1) is 16.2 Å². The molecule has 0 spiro atoms. The molecule has 0 unspecified atom stereocenters. The van der Waals surface area contributed by atoms with Crippen molar-refractivity contribution < 1.29 is 9.84 Å². The lowest BCUT2D eigenvalue weighted by Crippen LogP contribution is -2.04. The Morgan fingerprint density at radius 1 is 1.21 bits per heavy atom. The van der Waals surface area contributed by atoms with Crippen LogP contribution in [0.2, 0.25) is 10.0 Å². The Bertz CT molecular complexity index is 959. The van der Waals surface area contributed by atoms with E-state index < -0.39 is 0 Å². The summed E-state index contributed by atoms with van der Waals surface area (Å²) in [6, 6.07) is 3.14. The van der Waals surface area contributed by atoms with E-state index in [4.69, 9.17) is 27.9 Å². The zero-order chi connectivity index (χ0) is 21.0. The van der Waals surface area contributed by atoms with Gasteiger partial charge in [-0.1, -0.05) is 42.3 Å². The molecule has 0 aliphatic heterocycles. The van der Waals surface area contributed by atoms with Crippen LogP contribution in [0.15, 0.2) is 53.5 Å². The van der Waals surface area contributed by atoms with Crippen LogP contribution < -0.4 is 0 Å². The minimum atomic E-state index is -0.159. The van der Waals surface area contributed by atoms with Crippen LogP contribution in [0.1, 0.15) is 45.4 Å². The van der Waals surface area contributed by atoms with Crippen molar-refractivity contribution in [3.05, 3.63) is 69.3 Å².